The molecule has 0 atom stereocenters. The van der Waals surface area contributed by atoms with Crippen molar-refractivity contribution in [1.29, 1.82) is 0 Å². The standard InChI is InChI=1S/C17H14FN3O2/c1-10-6-7-14(11(2)8-10)16-20-21-17(23-16)19-15(22)12-4-3-5-13(18)9-12/h3-9H,1-2H3,(H,19,21,22). The zero-order valence-corrected chi connectivity index (χ0v) is 12.6. The van der Waals surface area contributed by atoms with Gasteiger partial charge in [0.25, 0.3) is 5.91 Å². The predicted molar refractivity (Wildman–Crippen MR) is 83.6 cm³/mol. The Kier molecular flexibility index (Phi) is 3.89. The molecular weight excluding hydrogens is 297 g/mol. The number of nitrogens with one attached hydrogen (secondary N) is 1. The van der Waals surface area contributed by atoms with Crippen molar-refractivity contribution in [3.8, 4) is 11.5 Å². The number of hydrogen-bond acceptors (Lipinski definition) is 4. The maximum absolute atomic E-state index is 13.1. The Morgan fingerprint density at radius 1 is 1.13 bits per heavy atom. The van der Waals surface area contributed by atoms with Gasteiger partial charge < -0.3 is 4.42 Å². The molecule has 3 aromatic rings. The molecule has 0 radical (unpaired) electrons. The van der Waals surface area contributed by atoms with E-state index in [1.54, 1.807) is 0 Å². The third-order valence-corrected chi connectivity index (χ3v) is 3.34. The molecule has 0 aliphatic carbocycles. The van der Waals surface area contributed by atoms with E-state index >= 15 is 0 Å². The van der Waals surface area contributed by atoms with Gasteiger partial charge in [0.1, 0.15) is 5.82 Å². The second-order valence-corrected chi connectivity index (χ2v) is 5.20. The van der Waals surface area contributed by atoms with Crippen molar-refractivity contribution >= 4 is 11.9 Å². The molecule has 0 fully saturated rings. The molecule has 1 N–H and O–H groups in total. The maximum Gasteiger partial charge on any atom is 0.322 e. The molecule has 0 saturated carbocycles. The number of benzene rings is 2. The summed E-state index contributed by atoms with van der Waals surface area (Å²) >= 11 is 0. The molecule has 0 spiro atoms. The van der Waals surface area contributed by atoms with Crippen LogP contribution in [0.4, 0.5) is 10.4 Å². The van der Waals surface area contributed by atoms with E-state index in [2.05, 4.69) is 15.5 Å². The fourth-order valence-corrected chi connectivity index (χ4v) is 2.24. The minimum absolute atomic E-state index is 0.0331. The minimum Gasteiger partial charge on any atom is -0.403 e. The highest BCUT2D eigenvalue weighted by Gasteiger charge is 2.14. The Labute approximate surface area is 132 Å². The zero-order chi connectivity index (χ0) is 16.4. The first-order chi connectivity index (χ1) is 11.0. The van der Waals surface area contributed by atoms with Crippen molar-refractivity contribution in [2.24, 2.45) is 0 Å². The van der Waals surface area contributed by atoms with Crippen LogP contribution in [0.3, 0.4) is 0 Å². The SMILES string of the molecule is Cc1ccc(-c2nnc(NC(=O)c3cccc(F)c3)o2)c(C)c1. The van der Waals surface area contributed by atoms with E-state index in [-0.39, 0.29) is 11.6 Å². The number of rotatable bonds is 3. The topological polar surface area (TPSA) is 68.0 Å². The van der Waals surface area contributed by atoms with Gasteiger partial charge in [0.15, 0.2) is 0 Å². The lowest BCUT2D eigenvalue weighted by Gasteiger charge is -2.02. The van der Waals surface area contributed by atoms with Crippen LogP contribution in [0.1, 0.15) is 21.5 Å². The lowest BCUT2D eigenvalue weighted by Crippen LogP contribution is -2.12. The third kappa shape index (κ3) is 3.26. The van der Waals surface area contributed by atoms with Crippen molar-refractivity contribution < 1.29 is 13.6 Å². The van der Waals surface area contributed by atoms with Gasteiger partial charge in [-0.15, -0.1) is 5.10 Å². The Morgan fingerprint density at radius 3 is 2.70 bits per heavy atom. The van der Waals surface area contributed by atoms with Gasteiger partial charge in [0.05, 0.1) is 0 Å². The van der Waals surface area contributed by atoms with Crippen LogP contribution in [-0.2, 0) is 0 Å². The van der Waals surface area contributed by atoms with E-state index in [9.17, 15) is 9.18 Å². The van der Waals surface area contributed by atoms with Crippen molar-refractivity contribution in [2.75, 3.05) is 5.32 Å². The third-order valence-electron chi connectivity index (χ3n) is 3.34. The molecule has 6 heteroatoms. The summed E-state index contributed by atoms with van der Waals surface area (Å²) in [5.41, 5.74) is 3.10. The van der Waals surface area contributed by atoms with Gasteiger partial charge in [0.2, 0.25) is 5.89 Å². The Morgan fingerprint density at radius 2 is 1.96 bits per heavy atom. The van der Waals surface area contributed by atoms with Crippen LogP contribution >= 0.6 is 0 Å². The first kappa shape index (κ1) is 14.9. The van der Waals surface area contributed by atoms with Crippen LogP contribution in [0.25, 0.3) is 11.5 Å². The number of anilines is 1. The number of hydrogen-bond donors (Lipinski definition) is 1. The largest absolute Gasteiger partial charge is 0.403 e. The van der Waals surface area contributed by atoms with Crippen LogP contribution in [-0.4, -0.2) is 16.1 Å². The second kappa shape index (κ2) is 6.00. The molecule has 116 valence electrons. The van der Waals surface area contributed by atoms with Gasteiger partial charge in [-0.25, -0.2) is 4.39 Å². The summed E-state index contributed by atoms with van der Waals surface area (Å²) in [5.74, 6) is -0.684. The molecule has 1 heterocycles. The van der Waals surface area contributed by atoms with E-state index < -0.39 is 11.7 Å². The fourth-order valence-electron chi connectivity index (χ4n) is 2.24. The molecule has 3 rings (SSSR count). The molecule has 0 aliphatic heterocycles. The minimum atomic E-state index is -0.514. The van der Waals surface area contributed by atoms with E-state index in [4.69, 9.17) is 4.42 Å². The summed E-state index contributed by atoms with van der Waals surface area (Å²) in [4.78, 5) is 12.0. The van der Waals surface area contributed by atoms with E-state index in [1.165, 1.54) is 18.2 Å². The molecular formula is C17H14FN3O2. The van der Waals surface area contributed by atoms with E-state index in [1.807, 2.05) is 32.0 Å². The molecule has 1 aromatic heterocycles. The van der Waals surface area contributed by atoms with E-state index in [0.29, 0.717) is 5.89 Å². The average molecular weight is 311 g/mol. The predicted octanol–water partition coefficient (Wildman–Crippen LogP) is 3.74. The highest BCUT2D eigenvalue weighted by molar-refractivity contribution is 6.03. The number of amides is 1. The number of aryl methyl sites for hydroxylation is 2. The van der Waals surface area contributed by atoms with Gasteiger partial charge in [-0.2, -0.15) is 0 Å². The highest BCUT2D eigenvalue weighted by atomic mass is 19.1. The summed E-state index contributed by atoms with van der Waals surface area (Å²) in [7, 11) is 0. The second-order valence-electron chi connectivity index (χ2n) is 5.20. The zero-order valence-electron chi connectivity index (χ0n) is 12.6. The summed E-state index contributed by atoms with van der Waals surface area (Å²) in [6.45, 7) is 3.94. The number of nitrogens with zero attached hydrogens (tertiary/aromatic N) is 2. The van der Waals surface area contributed by atoms with E-state index in [0.717, 1.165) is 22.8 Å². The first-order valence-electron chi connectivity index (χ1n) is 7.01. The average Bonchev–Trinajstić information content (AvgIpc) is 2.95. The molecule has 1 amide bonds. The van der Waals surface area contributed by atoms with Crippen LogP contribution in [0.15, 0.2) is 46.9 Å². The lowest BCUT2D eigenvalue weighted by atomic mass is 10.1. The highest BCUT2D eigenvalue weighted by Crippen LogP contribution is 2.24. The van der Waals surface area contributed by atoms with Gasteiger partial charge in [0, 0.05) is 11.1 Å². The van der Waals surface area contributed by atoms with Gasteiger partial charge >= 0.3 is 6.01 Å². The maximum atomic E-state index is 13.1. The molecule has 5 nitrogen and oxygen atoms in total. The summed E-state index contributed by atoms with van der Waals surface area (Å²) < 4.78 is 18.6. The number of aromatic nitrogens is 2. The molecule has 0 aliphatic rings. The summed E-state index contributed by atoms with van der Waals surface area (Å²) in [6, 6.07) is 11.2. The van der Waals surface area contributed by atoms with Crippen LogP contribution in [0.5, 0.6) is 0 Å². The number of halogens is 1. The van der Waals surface area contributed by atoms with Crippen molar-refractivity contribution in [2.45, 2.75) is 13.8 Å². The van der Waals surface area contributed by atoms with Gasteiger partial charge in [-0.1, -0.05) is 28.9 Å². The van der Waals surface area contributed by atoms with Crippen LogP contribution in [0.2, 0.25) is 0 Å². The van der Waals surface area contributed by atoms with Crippen LogP contribution in [0, 0.1) is 19.7 Å². The quantitative estimate of drug-likeness (QED) is 0.800. The normalized spacial score (nSPS) is 10.6. The Hall–Kier alpha value is -3.02. The van der Waals surface area contributed by atoms with Crippen LogP contribution < -0.4 is 5.32 Å². The molecule has 2 aromatic carbocycles. The van der Waals surface area contributed by atoms with Crippen molar-refractivity contribution in [1.82, 2.24) is 10.2 Å². The Balaban J connectivity index is 1.81. The summed E-state index contributed by atoms with van der Waals surface area (Å²) in [5, 5.41) is 10.2. The molecule has 0 bridgehead atoms. The number of carbonyl (C=O) groups is 1. The molecule has 0 saturated heterocycles. The van der Waals surface area contributed by atoms with Gasteiger partial charge in [-0.3, -0.25) is 10.1 Å². The smallest absolute Gasteiger partial charge is 0.322 e. The van der Waals surface area contributed by atoms with Gasteiger partial charge in [-0.05, 0) is 43.7 Å². The fraction of sp³-hybridized carbons (Fsp3) is 0.118. The van der Waals surface area contributed by atoms with Crippen molar-refractivity contribution in [3.05, 3.63) is 65.0 Å². The summed E-state index contributed by atoms with van der Waals surface area (Å²) in [6.07, 6.45) is 0. The Bertz CT molecular complexity index is 874. The monoisotopic (exact) mass is 311 g/mol. The number of carbonyl (C=O) groups excluding carboxylic acids is 1. The molecule has 0 unspecified atom stereocenters. The lowest BCUT2D eigenvalue weighted by molar-refractivity contribution is 0.102. The van der Waals surface area contributed by atoms with Crippen molar-refractivity contribution in [3.63, 3.8) is 0 Å². The first-order valence-corrected chi connectivity index (χ1v) is 7.01. The molecule has 23 heavy (non-hydrogen) atoms.